The first-order valence-electron chi connectivity index (χ1n) is 10.7. The van der Waals surface area contributed by atoms with Crippen LogP contribution in [0.4, 0.5) is 18.9 Å². The Morgan fingerprint density at radius 3 is 2.61 bits per heavy atom. The topological polar surface area (TPSA) is 107 Å². The number of rotatable bonds is 7. The number of piperidine rings is 2. The number of anilines is 1. The van der Waals surface area contributed by atoms with Gasteiger partial charge in [0.15, 0.2) is 11.6 Å². The predicted molar refractivity (Wildman–Crippen MR) is 113 cm³/mol. The molecule has 3 N–H and O–H groups in total. The van der Waals surface area contributed by atoms with E-state index in [4.69, 9.17) is 15.2 Å². The van der Waals surface area contributed by atoms with E-state index in [1.54, 1.807) is 12.0 Å². The number of carbonyl (C=O) groups is 1. The maximum atomic E-state index is 15.5. The third-order valence-electron chi connectivity index (χ3n) is 6.83. The Kier molecular flexibility index (Phi) is 4.91. The Morgan fingerprint density at radius 1 is 1.33 bits per heavy atom. The molecule has 0 spiro atoms. The van der Waals surface area contributed by atoms with Crippen molar-refractivity contribution in [2.45, 2.75) is 43.9 Å². The average molecular weight is 467 g/mol. The zero-order valence-corrected chi connectivity index (χ0v) is 17.9. The van der Waals surface area contributed by atoms with Crippen molar-refractivity contribution in [3.05, 3.63) is 33.9 Å². The number of benzene rings is 1. The van der Waals surface area contributed by atoms with E-state index in [9.17, 15) is 23.5 Å². The molecule has 1 aromatic heterocycles. The first-order chi connectivity index (χ1) is 15.6. The Morgan fingerprint density at radius 2 is 2.03 bits per heavy atom. The molecule has 0 amide bonds. The van der Waals surface area contributed by atoms with Crippen LogP contribution >= 0.6 is 0 Å². The van der Waals surface area contributed by atoms with Gasteiger partial charge in [-0.25, -0.2) is 9.18 Å². The maximum absolute atomic E-state index is 15.5. The molecule has 2 aromatic rings. The minimum absolute atomic E-state index is 0.0321. The van der Waals surface area contributed by atoms with E-state index in [1.807, 2.05) is 0 Å². The number of ether oxygens (including phenoxy) is 2. The van der Waals surface area contributed by atoms with Crippen LogP contribution in [0.5, 0.6) is 5.75 Å². The number of carboxylic acid groups (broad SMARTS) is 1. The van der Waals surface area contributed by atoms with Crippen LogP contribution in [0.15, 0.2) is 17.1 Å². The summed E-state index contributed by atoms with van der Waals surface area (Å²) >= 11 is 0. The van der Waals surface area contributed by atoms with E-state index < -0.39 is 40.7 Å². The SMILES string of the molecule is COCC12CN(c3c(F)cc4c(=O)c(C(=O)O)cn(C5CC5)c4c3OC(F)F)CC(N)(C1)C2. The van der Waals surface area contributed by atoms with Gasteiger partial charge in [-0.05, 0) is 31.7 Å². The van der Waals surface area contributed by atoms with Crippen molar-refractivity contribution in [3.63, 3.8) is 0 Å². The highest BCUT2D eigenvalue weighted by Crippen LogP contribution is 2.54. The van der Waals surface area contributed by atoms with Gasteiger partial charge in [-0.15, -0.1) is 0 Å². The van der Waals surface area contributed by atoms with E-state index in [1.165, 1.54) is 4.57 Å². The molecule has 11 heteroatoms. The molecule has 33 heavy (non-hydrogen) atoms. The third-order valence-corrected chi connectivity index (χ3v) is 6.83. The normalized spacial score (nSPS) is 26.5. The Hall–Kier alpha value is -2.79. The lowest BCUT2D eigenvalue weighted by atomic mass is 9.54. The molecule has 6 rings (SSSR count). The largest absolute Gasteiger partial charge is 0.477 e. The number of halogens is 3. The highest BCUT2D eigenvalue weighted by molar-refractivity contribution is 5.97. The van der Waals surface area contributed by atoms with E-state index in [0.29, 0.717) is 38.8 Å². The van der Waals surface area contributed by atoms with Gasteiger partial charge in [0.25, 0.3) is 0 Å². The molecule has 0 unspecified atom stereocenters. The highest BCUT2D eigenvalue weighted by atomic mass is 19.3. The first kappa shape index (κ1) is 22.0. The van der Waals surface area contributed by atoms with Gasteiger partial charge in [0, 0.05) is 43.4 Å². The number of hydrogen-bond donors (Lipinski definition) is 2. The summed E-state index contributed by atoms with van der Waals surface area (Å²) in [5, 5.41) is 9.13. The third kappa shape index (κ3) is 3.54. The van der Waals surface area contributed by atoms with Crippen molar-refractivity contribution in [1.82, 2.24) is 4.57 Å². The molecule has 2 bridgehead atoms. The molecule has 1 aromatic carbocycles. The summed E-state index contributed by atoms with van der Waals surface area (Å²) in [6.45, 7) is -2.35. The van der Waals surface area contributed by atoms with Crippen LogP contribution in [0, 0.1) is 11.2 Å². The van der Waals surface area contributed by atoms with Crippen molar-refractivity contribution >= 4 is 22.6 Å². The van der Waals surface area contributed by atoms with Gasteiger partial charge in [-0.2, -0.15) is 8.78 Å². The number of aromatic nitrogens is 1. The summed E-state index contributed by atoms with van der Waals surface area (Å²) in [7, 11) is 1.56. The van der Waals surface area contributed by atoms with Crippen molar-refractivity contribution in [2.24, 2.45) is 11.1 Å². The second-order valence-electron chi connectivity index (χ2n) is 9.63. The number of fused-ring (bicyclic) bond motifs is 3. The molecule has 8 nitrogen and oxygen atoms in total. The number of aromatic carboxylic acids is 1. The fourth-order valence-electron chi connectivity index (χ4n) is 5.85. The van der Waals surface area contributed by atoms with Crippen molar-refractivity contribution in [3.8, 4) is 5.75 Å². The Bertz CT molecular complexity index is 1200. The smallest absolute Gasteiger partial charge is 0.387 e. The van der Waals surface area contributed by atoms with Gasteiger partial charge in [0.2, 0.25) is 5.43 Å². The lowest BCUT2D eigenvalue weighted by Gasteiger charge is -2.62. The minimum atomic E-state index is -3.28. The zero-order chi connectivity index (χ0) is 23.7. The summed E-state index contributed by atoms with van der Waals surface area (Å²) in [6.07, 6.45) is 3.81. The molecule has 2 aliphatic heterocycles. The number of alkyl halides is 2. The minimum Gasteiger partial charge on any atom is -0.477 e. The highest BCUT2D eigenvalue weighted by Gasteiger charge is 2.58. The molecular formula is C22H24F3N3O5. The molecular weight excluding hydrogens is 443 g/mol. The summed E-state index contributed by atoms with van der Waals surface area (Å²) in [4.78, 5) is 26.0. The number of nitrogens with two attached hydrogens (primary N) is 1. The summed E-state index contributed by atoms with van der Waals surface area (Å²) in [5.74, 6) is -2.89. The molecule has 2 aliphatic carbocycles. The van der Waals surface area contributed by atoms with E-state index in [2.05, 4.69) is 0 Å². The quantitative estimate of drug-likeness (QED) is 0.645. The summed E-state index contributed by atoms with van der Waals surface area (Å²) < 4.78 is 54.3. The molecule has 0 radical (unpaired) electrons. The van der Waals surface area contributed by atoms with Gasteiger partial charge < -0.3 is 29.8 Å². The lowest BCUT2D eigenvalue weighted by Crippen LogP contribution is -2.72. The van der Waals surface area contributed by atoms with Crippen LogP contribution in [0.1, 0.15) is 42.1 Å². The molecule has 0 atom stereocenters. The molecule has 3 heterocycles. The molecule has 2 saturated heterocycles. The monoisotopic (exact) mass is 467 g/mol. The predicted octanol–water partition coefficient (Wildman–Crippen LogP) is 2.72. The second-order valence-corrected chi connectivity index (χ2v) is 9.63. The van der Waals surface area contributed by atoms with Crippen LogP contribution in [-0.2, 0) is 4.74 Å². The average Bonchev–Trinajstić information content (AvgIpc) is 3.52. The van der Waals surface area contributed by atoms with Crippen LogP contribution in [0.2, 0.25) is 0 Å². The number of carboxylic acids is 1. The number of hydrogen-bond acceptors (Lipinski definition) is 6. The van der Waals surface area contributed by atoms with Crippen LogP contribution in [0.25, 0.3) is 10.9 Å². The van der Waals surface area contributed by atoms with Gasteiger partial charge in [-0.1, -0.05) is 0 Å². The zero-order valence-electron chi connectivity index (χ0n) is 17.9. The lowest BCUT2D eigenvalue weighted by molar-refractivity contribution is -0.0562. The van der Waals surface area contributed by atoms with Gasteiger partial charge >= 0.3 is 12.6 Å². The Labute approximate surface area is 186 Å². The van der Waals surface area contributed by atoms with Crippen LogP contribution in [0.3, 0.4) is 0 Å². The number of methoxy groups -OCH3 is 1. The fraction of sp³-hybridized carbons (Fsp3) is 0.545. The molecule has 2 saturated carbocycles. The van der Waals surface area contributed by atoms with Crippen molar-refractivity contribution < 1.29 is 32.5 Å². The van der Waals surface area contributed by atoms with Crippen molar-refractivity contribution in [2.75, 3.05) is 31.7 Å². The summed E-state index contributed by atoms with van der Waals surface area (Å²) in [5.41, 5.74) is 3.74. The van der Waals surface area contributed by atoms with E-state index in [-0.39, 0.29) is 34.6 Å². The van der Waals surface area contributed by atoms with Gasteiger partial charge in [-0.3, -0.25) is 4.79 Å². The van der Waals surface area contributed by atoms with Crippen LogP contribution in [-0.4, -0.2) is 54.6 Å². The van der Waals surface area contributed by atoms with Gasteiger partial charge in [0.05, 0.1) is 17.5 Å². The van der Waals surface area contributed by atoms with E-state index >= 15 is 4.39 Å². The number of nitrogens with zero attached hydrogens (tertiary/aromatic N) is 2. The molecule has 178 valence electrons. The molecule has 4 fully saturated rings. The number of pyridine rings is 1. The van der Waals surface area contributed by atoms with Crippen LogP contribution < -0.4 is 20.8 Å². The first-order valence-corrected chi connectivity index (χ1v) is 10.7. The second kappa shape index (κ2) is 7.36. The molecule has 4 aliphatic rings. The summed E-state index contributed by atoms with van der Waals surface area (Å²) in [6, 6.07) is 0.725. The fourth-order valence-corrected chi connectivity index (χ4v) is 5.85. The Balaban J connectivity index is 1.75. The van der Waals surface area contributed by atoms with Crippen molar-refractivity contribution in [1.29, 1.82) is 0 Å². The standard InChI is InChI=1S/C22H24F3N3O5/c1-32-10-21-6-22(26,7-21)9-27(8-21)16-14(23)4-12-15(18(16)33-20(24)25)28(11-2-3-11)5-13(17(12)29)19(30)31/h4-5,11,20H,2-3,6-10,26H2,1H3,(H,30,31). The maximum Gasteiger partial charge on any atom is 0.387 e. The van der Waals surface area contributed by atoms with E-state index in [0.717, 1.165) is 12.3 Å². The van der Waals surface area contributed by atoms with Gasteiger partial charge in [0.1, 0.15) is 11.3 Å².